The van der Waals surface area contributed by atoms with E-state index in [2.05, 4.69) is 5.32 Å². The van der Waals surface area contributed by atoms with Crippen LogP contribution in [0.3, 0.4) is 0 Å². The van der Waals surface area contributed by atoms with Crippen LogP contribution in [0.2, 0.25) is 0 Å². The molecule has 134 valence electrons. The number of para-hydroxylation sites is 2. The molecule has 0 spiro atoms. The Balaban J connectivity index is 1.72. The average molecular weight is 378 g/mol. The molecule has 0 aliphatic carbocycles. The summed E-state index contributed by atoms with van der Waals surface area (Å²) in [5.74, 6) is -1.09. The number of hydrogen-bond donors (Lipinski definition) is 1. The van der Waals surface area contributed by atoms with Crippen LogP contribution in [0.5, 0.6) is 0 Å². The second-order valence-corrected chi connectivity index (χ2v) is 7.70. The largest absolute Gasteiger partial charge is 0.322 e. The van der Waals surface area contributed by atoms with Crippen molar-refractivity contribution in [2.45, 2.75) is 4.90 Å². The van der Waals surface area contributed by atoms with Crippen molar-refractivity contribution < 1.29 is 18.0 Å². The van der Waals surface area contributed by atoms with E-state index in [1.165, 1.54) is 18.2 Å². The minimum atomic E-state index is -4.07. The number of nitrogens with zero attached hydrogens (tertiary/aromatic N) is 1. The first-order valence-corrected chi connectivity index (χ1v) is 9.57. The van der Waals surface area contributed by atoms with Gasteiger partial charge in [0.25, 0.3) is 21.8 Å². The van der Waals surface area contributed by atoms with Gasteiger partial charge in [0.05, 0.1) is 11.3 Å². The van der Waals surface area contributed by atoms with Crippen LogP contribution in [-0.2, 0) is 10.0 Å². The highest BCUT2D eigenvalue weighted by molar-refractivity contribution is 7.94. The quantitative estimate of drug-likeness (QED) is 0.758. The predicted octanol–water partition coefficient (Wildman–Crippen LogP) is 3.29. The van der Waals surface area contributed by atoms with E-state index in [-0.39, 0.29) is 21.7 Å². The van der Waals surface area contributed by atoms with Crippen LogP contribution in [0.1, 0.15) is 20.7 Å². The third-order valence-corrected chi connectivity index (χ3v) is 5.95. The Morgan fingerprint density at radius 3 is 2.15 bits per heavy atom. The molecule has 1 heterocycles. The second kappa shape index (κ2) is 6.37. The average Bonchev–Trinajstić information content (AvgIpc) is 2.88. The summed E-state index contributed by atoms with van der Waals surface area (Å²) in [4.78, 5) is 24.9. The molecule has 0 radical (unpaired) electrons. The Morgan fingerprint density at radius 2 is 1.48 bits per heavy atom. The van der Waals surface area contributed by atoms with Crippen LogP contribution in [0.25, 0.3) is 0 Å². The van der Waals surface area contributed by atoms with Gasteiger partial charge >= 0.3 is 0 Å². The molecule has 4 rings (SSSR count). The molecule has 3 aromatic rings. The highest BCUT2D eigenvalue weighted by atomic mass is 32.2. The van der Waals surface area contributed by atoms with Gasteiger partial charge in [-0.25, -0.2) is 8.42 Å². The Morgan fingerprint density at radius 1 is 0.852 bits per heavy atom. The van der Waals surface area contributed by atoms with Gasteiger partial charge in [0.15, 0.2) is 0 Å². The molecule has 0 fully saturated rings. The van der Waals surface area contributed by atoms with Crippen LogP contribution in [0, 0.1) is 0 Å². The number of nitrogens with one attached hydrogen (secondary N) is 1. The summed E-state index contributed by atoms with van der Waals surface area (Å²) in [5.41, 5.74) is 1.06. The minimum Gasteiger partial charge on any atom is -0.322 e. The van der Waals surface area contributed by atoms with E-state index < -0.39 is 21.8 Å². The van der Waals surface area contributed by atoms with E-state index in [0.29, 0.717) is 5.69 Å². The molecule has 0 bridgehead atoms. The van der Waals surface area contributed by atoms with Crippen LogP contribution >= 0.6 is 0 Å². The molecule has 0 saturated carbocycles. The van der Waals surface area contributed by atoms with Gasteiger partial charge in [0.2, 0.25) is 0 Å². The van der Waals surface area contributed by atoms with Gasteiger partial charge in [-0.3, -0.25) is 9.59 Å². The van der Waals surface area contributed by atoms with Crippen molar-refractivity contribution in [3.63, 3.8) is 0 Å². The Labute approximate surface area is 156 Å². The van der Waals surface area contributed by atoms with E-state index in [9.17, 15) is 18.0 Å². The van der Waals surface area contributed by atoms with E-state index in [1.54, 1.807) is 54.6 Å². The van der Waals surface area contributed by atoms with E-state index in [1.807, 2.05) is 6.07 Å². The monoisotopic (exact) mass is 378 g/mol. The van der Waals surface area contributed by atoms with Crippen molar-refractivity contribution in [2.24, 2.45) is 0 Å². The molecule has 1 aliphatic rings. The number of carbonyl (C=O) groups is 2. The molecule has 3 aromatic carbocycles. The van der Waals surface area contributed by atoms with Crippen molar-refractivity contribution >= 4 is 33.2 Å². The predicted molar refractivity (Wildman–Crippen MR) is 101 cm³/mol. The summed E-state index contributed by atoms with van der Waals surface area (Å²) in [6.07, 6.45) is 0. The van der Waals surface area contributed by atoms with Gasteiger partial charge in [-0.05, 0) is 42.5 Å². The molecule has 27 heavy (non-hydrogen) atoms. The topological polar surface area (TPSA) is 83.6 Å². The molecular weight excluding hydrogens is 364 g/mol. The molecule has 6 nitrogen and oxygen atoms in total. The maximum Gasteiger partial charge on any atom is 0.273 e. The number of sulfonamides is 1. The number of carbonyl (C=O) groups excluding carboxylic acids is 2. The number of rotatable bonds is 3. The number of benzene rings is 3. The molecule has 0 unspecified atom stereocenters. The Hall–Kier alpha value is -3.45. The van der Waals surface area contributed by atoms with Crippen molar-refractivity contribution in [3.05, 3.63) is 90.0 Å². The third kappa shape index (κ3) is 2.88. The summed E-state index contributed by atoms with van der Waals surface area (Å²) in [6.45, 7) is 0. The standard InChI is InChI=1S/C20H14N2O4S/c23-19(21-15-7-3-1-4-8-15)14-11-12-17-18(13-14)27(25,26)22(20(17)24)16-9-5-2-6-10-16/h1-13H,(H,21,23). The molecule has 1 aliphatic heterocycles. The number of hydrogen-bond acceptors (Lipinski definition) is 4. The fourth-order valence-electron chi connectivity index (χ4n) is 2.91. The fourth-order valence-corrected chi connectivity index (χ4v) is 4.54. The number of amides is 2. The Bertz CT molecular complexity index is 1140. The molecule has 7 heteroatoms. The van der Waals surface area contributed by atoms with Crippen LogP contribution in [0.4, 0.5) is 11.4 Å². The molecule has 0 aromatic heterocycles. The summed E-state index contributed by atoms with van der Waals surface area (Å²) >= 11 is 0. The summed E-state index contributed by atoms with van der Waals surface area (Å²) < 4.78 is 26.6. The number of fused-ring (bicyclic) bond motifs is 1. The molecule has 0 atom stereocenters. The maximum absolute atomic E-state index is 12.9. The zero-order valence-electron chi connectivity index (χ0n) is 14.0. The van der Waals surface area contributed by atoms with E-state index in [0.717, 1.165) is 4.31 Å². The normalized spacial score (nSPS) is 14.7. The van der Waals surface area contributed by atoms with Crippen LogP contribution in [-0.4, -0.2) is 20.2 Å². The number of anilines is 2. The van der Waals surface area contributed by atoms with Crippen molar-refractivity contribution in [3.8, 4) is 0 Å². The van der Waals surface area contributed by atoms with Gasteiger partial charge in [-0.15, -0.1) is 0 Å². The summed E-state index contributed by atoms with van der Waals surface area (Å²) in [6, 6.07) is 21.0. The highest BCUT2D eigenvalue weighted by Gasteiger charge is 2.42. The molecule has 1 N–H and O–H groups in total. The molecular formula is C20H14N2O4S. The lowest BCUT2D eigenvalue weighted by Gasteiger charge is -2.14. The van der Waals surface area contributed by atoms with Crippen molar-refractivity contribution in [2.75, 3.05) is 9.62 Å². The first kappa shape index (κ1) is 17.0. The lowest BCUT2D eigenvalue weighted by molar-refractivity contribution is 0.100. The summed E-state index contributed by atoms with van der Waals surface area (Å²) in [5, 5.41) is 2.70. The van der Waals surface area contributed by atoms with Crippen molar-refractivity contribution in [1.82, 2.24) is 0 Å². The maximum atomic E-state index is 12.9. The smallest absolute Gasteiger partial charge is 0.273 e. The minimum absolute atomic E-state index is 0.0510. The highest BCUT2D eigenvalue weighted by Crippen LogP contribution is 2.35. The zero-order valence-corrected chi connectivity index (χ0v) is 14.8. The van der Waals surface area contributed by atoms with Crippen molar-refractivity contribution in [1.29, 1.82) is 0 Å². The van der Waals surface area contributed by atoms with Gasteiger partial charge in [-0.1, -0.05) is 36.4 Å². The first-order valence-electron chi connectivity index (χ1n) is 8.13. The molecule has 2 amide bonds. The van der Waals surface area contributed by atoms with E-state index in [4.69, 9.17) is 0 Å². The first-order chi connectivity index (χ1) is 13.0. The van der Waals surface area contributed by atoms with E-state index >= 15 is 0 Å². The lowest BCUT2D eigenvalue weighted by Crippen LogP contribution is -2.29. The summed E-state index contributed by atoms with van der Waals surface area (Å²) in [7, 11) is -4.07. The van der Waals surface area contributed by atoms with Gasteiger partial charge < -0.3 is 5.32 Å². The van der Waals surface area contributed by atoms with Gasteiger partial charge in [0.1, 0.15) is 4.90 Å². The van der Waals surface area contributed by atoms with Crippen LogP contribution in [0.15, 0.2) is 83.8 Å². The van der Waals surface area contributed by atoms with Crippen LogP contribution < -0.4 is 9.62 Å². The third-order valence-electron chi connectivity index (χ3n) is 4.20. The zero-order chi connectivity index (χ0) is 19.0. The van der Waals surface area contributed by atoms with Gasteiger partial charge in [0, 0.05) is 11.3 Å². The molecule has 0 saturated heterocycles. The van der Waals surface area contributed by atoms with Gasteiger partial charge in [-0.2, -0.15) is 4.31 Å². The lowest BCUT2D eigenvalue weighted by atomic mass is 10.1. The second-order valence-electron chi connectivity index (χ2n) is 5.94. The Kier molecular flexibility index (Phi) is 4.01. The SMILES string of the molecule is O=C(Nc1ccccc1)c1ccc2c(c1)S(=O)(=O)N(c1ccccc1)C2=O. The fraction of sp³-hybridized carbons (Fsp3) is 0.